The van der Waals surface area contributed by atoms with Gasteiger partial charge in [0.05, 0.1) is 8.07 Å². The Balaban J connectivity index is 2.86. The molecular formula is C12H20O2Si. The van der Waals surface area contributed by atoms with E-state index in [1.54, 1.807) is 0 Å². The Labute approximate surface area is 92.0 Å². The Bertz CT molecular complexity index is 406. The first-order chi connectivity index (χ1) is 6.89. The molecule has 0 atom stereocenters. The second kappa shape index (κ2) is 4.43. The molecule has 15 heavy (non-hydrogen) atoms. The van der Waals surface area contributed by atoms with E-state index < -0.39 is 8.07 Å². The van der Waals surface area contributed by atoms with Crippen LogP contribution in [0.2, 0.25) is 19.6 Å². The molecule has 2 nitrogen and oxygen atoms in total. The van der Waals surface area contributed by atoms with Gasteiger partial charge in [-0.2, -0.15) is 0 Å². The molecule has 0 aliphatic heterocycles. The van der Waals surface area contributed by atoms with E-state index in [9.17, 15) is 9.59 Å². The van der Waals surface area contributed by atoms with Crippen LogP contribution < -0.4 is 16.0 Å². The van der Waals surface area contributed by atoms with Crippen molar-refractivity contribution < 1.29 is 0 Å². The summed E-state index contributed by atoms with van der Waals surface area (Å²) >= 11 is 0. The fourth-order valence-electron chi connectivity index (χ4n) is 2.02. The number of hydrogen-bond donors (Lipinski definition) is 0. The lowest BCUT2D eigenvalue weighted by molar-refractivity contribution is 0.714. The molecule has 84 valence electrons. The summed E-state index contributed by atoms with van der Waals surface area (Å²) in [7, 11) is -1.59. The summed E-state index contributed by atoms with van der Waals surface area (Å²) in [6, 6.07) is 0. The molecule has 0 spiro atoms. The third-order valence-corrected chi connectivity index (χ3v) is 4.82. The van der Waals surface area contributed by atoms with Gasteiger partial charge >= 0.3 is 0 Å². The van der Waals surface area contributed by atoms with E-state index in [0.717, 1.165) is 36.4 Å². The zero-order valence-electron chi connectivity index (χ0n) is 10.1. The quantitative estimate of drug-likeness (QED) is 0.432. The van der Waals surface area contributed by atoms with Crippen LogP contribution in [-0.4, -0.2) is 8.07 Å². The summed E-state index contributed by atoms with van der Waals surface area (Å²) in [5, 5.41) is 0.906. The predicted octanol–water partition coefficient (Wildman–Crippen LogP) is 1.56. The normalized spacial score (nSPS) is 12.3. The number of rotatable bonds is 5. The standard InChI is InChI=1S/C12H20O2Si/c1-5-6-7-8-9-10(13)11(14)12(9)15(2,3)4/h5-8H2,1-4H3. The third kappa shape index (κ3) is 2.45. The molecule has 0 aromatic heterocycles. The van der Waals surface area contributed by atoms with Crippen molar-refractivity contribution in [1.29, 1.82) is 0 Å². The van der Waals surface area contributed by atoms with Gasteiger partial charge in [0.15, 0.2) is 0 Å². The van der Waals surface area contributed by atoms with Crippen LogP contribution in [0.3, 0.4) is 0 Å². The van der Waals surface area contributed by atoms with Crippen LogP contribution in [0.1, 0.15) is 31.7 Å². The lowest BCUT2D eigenvalue weighted by Crippen LogP contribution is -2.62. The van der Waals surface area contributed by atoms with E-state index in [2.05, 4.69) is 26.6 Å². The minimum absolute atomic E-state index is 0.194. The van der Waals surface area contributed by atoms with Crippen LogP contribution in [0.5, 0.6) is 0 Å². The van der Waals surface area contributed by atoms with Gasteiger partial charge in [-0.3, -0.25) is 9.59 Å². The predicted molar refractivity (Wildman–Crippen MR) is 67.6 cm³/mol. The average Bonchev–Trinajstić information content (AvgIpc) is 2.13. The van der Waals surface area contributed by atoms with Crippen molar-refractivity contribution in [2.24, 2.45) is 0 Å². The first-order valence-electron chi connectivity index (χ1n) is 5.72. The molecule has 0 unspecified atom stereocenters. The van der Waals surface area contributed by atoms with E-state index >= 15 is 0 Å². The van der Waals surface area contributed by atoms with E-state index in [-0.39, 0.29) is 10.9 Å². The van der Waals surface area contributed by atoms with Crippen LogP contribution in [-0.2, 0) is 6.42 Å². The third-order valence-electron chi connectivity index (χ3n) is 2.79. The zero-order valence-corrected chi connectivity index (χ0v) is 11.1. The van der Waals surface area contributed by atoms with Gasteiger partial charge in [0.1, 0.15) is 0 Å². The SMILES string of the molecule is CCCCCc1c([Si](C)(C)C)c(=O)c1=O. The van der Waals surface area contributed by atoms with E-state index in [4.69, 9.17) is 0 Å². The van der Waals surface area contributed by atoms with Crippen molar-refractivity contribution in [3.8, 4) is 0 Å². The number of unbranched alkanes of at least 4 members (excludes halogenated alkanes) is 2. The summed E-state index contributed by atoms with van der Waals surface area (Å²) in [6.07, 6.45) is 4.15. The second-order valence-corrected chi connectivity index (χ2v) is 10.2. The van der Waals surface area contributed by atoms with Gasteiger partial charge in [-0.25, -0.2) is 0 Å². The van der Waals surface area contributed by atoms with Gasteiger partial charge in [0, 0.05) is 5.56 Å². The molecular weight excluding hydrogens is 204 g/mol. The first-order valence-corrected chi connectivity index (χ1v) is 9.22. The minimum atomic E-state index is -1.59. The number of hydrogen-bond acceptors (Lipinski definition) is 2. The van der Waals surface area contributed by atoms with Crippen molar-refractivity contribution in [1.82, 2.24) is 0 Å². The van der Waals surface area contributed by atoms with Crippen molar-refractivity contribution in [2.75, 3.05) is 0 Å². The topological polar surface area (TPSA) is 34.1 Å². The zero-order chi connectivity index (χ0) is 11.6. The molecule has 0 saturated heterocycles. The van der Waals surface area contributed by atoms with Crippen molar-refractivity contribution in [3.05, 3.63) is 26.0 Å². The molecule has 3 heteroatoms. The summed E-state index contributed by atoms with van der Waals surface area (Å²) < 4.78 is 0. The maximum Gasteiger partial charge on any atom is 0.228 e. The van der Waals surface area contributed by atoms with E-state index in [0.29, 0.717) is 0 Å². The van der Waals surface area contributed by atoms with Gasteiger partial charge in [-0.1, -0.05) is 39.4 Å². The highest BCUT2D eigenvalue weighted by Gasteiger charge is 2.30. The fourth-order valence-corrected chi connectivity index (χ4v) is 3.96. The van der Waals surface area contributed by atoms with Crippen LogP contribution in [0.4, 0.5) is 0 Å². The Morgan fingerprint density at radius 3 is 2.07 bits per heavy atom. The van der Waals surface area contributed by atoms with Gasteiger partial charge < -0.3 is 0 Å². The molecule has 1 aromatic rings. The summed E-state index contributed by atoms with van der Waals surface area (Å²) in [5.74, 6) is 0. The Hall–Kier alpha value is -0.703. The lowest BCUT2D eigenvalue weighted by Gasteiger charge is -2.21. The molecule has 0 N–H and O–H groups in total. The molecule has 0 heterocycles. The molecule has 0 bridgehead atoms. The summed E-state index contributed by atoms with van der Waals surface area (Å²) in [6.45, 7) is 8.53. The van der Waals surface area contributed by atoms with Crippen LogP contribution in [0.25, 0.3) is 0 Å². The molecule has 0 fully saturated rings. The van der Waals surface area contributed by atoms with Crippen molar-refractivity contribution >= 4 is 13.3 Å². The highest BCUT2D eigenvalue weighted by atomic mass is 28.3. The lowest BCUT2D eigenvalue weighted by atomic mass is 10.0. The second-order valence-electron chi connectivity index (χ2n) is 5.22. The summed E-state index contributed by atoms with van der Waals surface area (Å²) in [5.41, 5.74) is 0.455. The molecule has 0 aliphatic rings. The molecule has 1 rings (SSSR count). The van der Waals surface area contributed by atoms with Gasteiger partial charge in [-0.05, 0) is 18.0 Å². The smallest absolute Gasteiger partial charge is 0.228 e. The van der Waals surface area contributed by atoms with Gasteiger partial charge in [0.25, 0.3) is 0 Å². The molecule has 0 radical (unpaired) electrons. The van der Waals surface area contributed by atoms with Crippen molar-refractivity contribution in [3.63, 3.8) is 0 Å². The molecule has 0 saturated carbocycles. The van der Waals surface area contributed by atoms with E-state index in [1.165, 1.54) is 0 Å². The Morgan fingerprint density at radius 1 is 1.00 bits per heavy atom. The van der Waals surface area contributed by atoms with Gasteiger partial charge in [0.2, 0.25) is 10.9 Å². The molecule has 1 aromatic carbocycles. The maximum absolute atomic E-state index is 11.5. The summed E-state index contributed by atoms with van der Waals surface area (Å²) in [4.78, 5) is 22.9. The molecule has 0 amide bonds. The highest BCUT2D eigenvalue weighted by molar-refractivity contribution is 6.89. The monoisotopic (exact) mass is 224 g/mol. The van der Waals surface area contributed by atoms with Crippen LogP contribution in [0.15, 0.2) is 9.59 Å². The van der Waals surface area contributed by atoms with E-state index in [1.807, 2.05) is 0 Å². The minimum Gasteiger partial charge on any atom is -0.286 e. The maximum atomic E-state index is 11.5. The largest absolute Gasteiger partial charge is 0.286 e. The average molecular weight is 224 g/mol. The van der Waals surface area contributed by atoms with Crippen molar-refractivity contribution in [2.45, 2.75) is 52.2 Å². The first kappa shape index (κ1) is 12.4. The Kier molecular flexibility index (Phi) is 3.65. The van der Waals surface area contributed by atoms with Crippen LogP contribution >= 0.6 is 0 Å². The highest BCUT2D eigenvalue weighted by Crippen LogP contribution is 2.06. The fraction of sp³-hybridized carbons (Fsp3) is 0.667. The van der Waals surface area contributed by atoms with Gasteiger partial charge in [-0.15, -0.1) is 0 Å². The Morgan fingerprint density at radius 2 is 1.60 bits per heavy atom. The van der Waals surface area contributed by atoms with Crippen LogP contribution in [0, 0.1) is 0 Å². The molecule has 0 aliphatic carbocycles.